The number of fused-ring (bicyclic) bond motifs is 1. The second kappa shape index (κ2) is 8.81. The van der Waals surface area contributed by atoms with Crippen LogP contribution in [0, 0.1) is 0 Å². The van der Waals surface area contributed by atoms with Crippen LogP contribution in [-0.4, -0.2) is 23.5 Å². The van der Waals surface area contributed by atoms with Gasteiger partial charge in [-0.15, -0.1) is 0 Å². The highest BCUT2D eigenvalue weighted by molar-refractivity contribution is 5.92. The molecule has 26 heavy (non-hydrogen) atoms. The fourth-order valence-corrected chi connectivity index (χ4v) is 3.36. The second-order valence-corrected chi connectivity index (χ2v) is 6.88. The normalized spacial score (nSPS) is 16.1. The van der Waals surface area contributed by atoms with Gasteiger partial charge in [0.15, 0.2) is 0 Å². The number of carbonyl (C=O) groups is 1. The van der Waals surface area contributed by atoms with Gasteiger partial charge in [-0.25, -0.2) is 4.98 Å². The molecular weight excluding hydrogens is 326 g/mol. The summed E-state index contributed by atoms with van der Waals surface area (Å²) in [7, 11) is 0. The van der Waals surface area contributed by atoms with E-state index in [1.54, 1.807) is 12.1 Å². The van der Waals surface area contributed by atoms with Crippen molar-refractivity contribution in [3.63, 3.8) is 0 Å². The zero-order valence-corrected chi connectivity index (χ0v) is 15.3. The van der Waals surface area contributed by atoms with E-state index in [0.717, 1.165) is 25.1 Å². The lowest BCUT2D eigenvalue weighted by atomic mass is 9.88. The fourth-order valence-electron chi connectivity index (χ4n) is 3.36. The predicted octanol–water partition coefficient (Wildman–Crippen LogP) is 3.61. The molecule has 1 aromatic heterocycles. The van der Waals surface area contributed by atoms with Gasteiger partial charge in [0.2, 0.25) is 11.8 Å². The molecule has 0 spiro atoms. The Morgan fingerprint density at radius 3 is 2.88 bits per heavy atom. The number of hydrogen-bond acceptors (Lipinski definition) is 4. The Kier molecular flexibility index (Phi) is 6.23. The number of aryl methyl sites for hydroxylation is 1. The van der Waals surface area contributed by atoms with Gasteiger partial charge >= 0.3 is 0 Å². The number of rotatable bonds is 8. The van der Waals surface area contributed by atoms with Crippen LogP contribution in [-0.2, 0) is 12.8 Å². The molecule has 1 amide bonds. The first-order valence-corrected chi connectivity index (χ1v) is 9.44. The van der Waals surface area contributed by atoms with E-state index in [-0.39, 0.29) is 0 Å². The van der Waals surface area contributed by atoms with Crippen molar-refractivity contribution in [2.45, 2.75) is 51.5 Å². The lowest BCUT2D eigenvalue weighted by Crippen LogP contribution is -2.35. The standard InChI is InChI=1S/C21H27N3O2/c1-2-3-4-11-23-18-8-5-15-6-9-19(13-17(15)12-18)26-20-10-7-16(14-24-20)21(22)25/h6-7,9-10,13-14,18,23H,2-5,8,11-12H2,1H3,(H2,22,25). The Hall–Kier alpha value is -2.40. The summed E-state index contributed by atoms with van der Waals surface area (Å²) in [4.78, 5) is 15.3. The molecule has 1 aliphatic rings. The van der Waals surface area contributed by atoms with Crippen molar-refractivity contribution in [2.24, 2.45) is 5.73 Å². The first-order valence-electron chi connectivity index (χ1n) is 9.44. The van der Waals surface area contributed by atoms with Crippen LogP contribution < -0.4 is 15.8 Å². The number of unbranched alkanes of at least 4 members (excludes halogenated alkanes) is 2. The van der Waals surface area contributed by atoms with Crippen LogP contribution in [0.5, 0.6) is 11.6 Å². The van der Waals surface area contributed by atoms with Gasteiger partial charge < -0.3 is 15.8 Å². The minimum atomic E-state index is -0.490. The van der Waals surface area contributed by atoms with Gasteiger partial charge in [0, 0.05) is 18.3 Å². The molecule has 0 aliphatic heterocycles. The monoisotopic (exact) mass is 353 g/mol. The molecular formula is C21H27N3O2. The Labute approximate surface area is 155 Å². The lowest BCUT2D eigenvalue weighted by molar-refractivity contribution is 0.1000. The van der Waals surface area contributed by atoms with E-state index < -0.39 is 5.91 Å². The highest BCUT2D eigenvalue weighted by Gasteiger charge is 2.18. The number of primary amides is 1. The topological polar surface area (TPSA) is 77.2 Å². The van der Waals surface area contributed by atoms with Crippen LogP contribution in [0.1, 0.15) is 54.1 Å². The first-order chi connectivity index (χ1) is 12.7. The summed E-state index contributed by atoms with van der Waals surface area (Å²) in [6, 6.07) is 10.1. The van der Waals surface area contributed by atoms with Crippen LogP contribution in [0.4, 0.5) is 0 Å². The largest absolute Gasteiger partial charge is 0.439 e. The average molecular weight is 353 g/mol. The van der Waals surface area contributed by atoms with Crippen molar-refractivity contribution in [2.75, 3.05) is 6.54 Å². The number of amides is 1. The number of nitrogens with two attached hydrogens (primary N) is 1. The smallest absolute Gasteiger partial charge is 0.250 e. The highest BCUT2D eigenvalue weighted by atomic mass is 16.5. The number of pyridine rings is 1. The van der Waals surface area contributed by atoms with Crippen molar-refractivity contribution < 1.29 is 9.53 Å². The van der Waals surface area contributed by atoms with E-state index in [2.05, 4.69) is 29.4 Å². The molecule has 0 saturated heterocycles. The molecule has 3 N–H and O–H groups in total. The van der Waals surface area contributed by atoms with Crippen molar-refractivity contribution >= 4 is 5.91 Å². The lowest BCUT2D eigenvalue weighted by Gasteiger charge is -2.26. The molecule has 2 aromatic rings. The number of nitrogens with one attached hydrogen (secondary N) is 1. The second-order valence-electron chi connectivity index (χ2n) is 6.88. The van der Waals surface area contributed by atoms with E-state index in [1.807, 2.05) is 6.07 Å². The van der Waals surface area contributed by atoms with Crippen molar-refractivity contribution in [3.05, 3.63) is 53.2 Å². The summed E-state index contributed by atoms with van der Waals surface area (Å²) in [6.45, 7) is 3.33. The number of ether oxygens (including phenoxy) is 1. The average Bonchev–Trinajstić information content (AvgIpc) is 2.65. The molecule has 1 aliphatic carbocycles. The van der Waals surface area contributed by atoms with E-state index in [1.165, 1.54) is 43.0 Å². The maximum Gasteiger partial charge on any atom is 0.250 e. The number of nitrogens with zero attached hydrogens (tertiary/aromatic N) is 1. The first kappa shape index (κ1) is 18.4. The molecule has 1 aromatic carbocycles. The van der Waals surface area contributed by atoms with Gasteiger partial charge in [-0.2, -0.15) is 0 Å². The Morgan fingerprint density at radius 1 is 1.27 bits per heavy atom. The Morgan fingerprint density at radius 2 is 2.15 bits per heavy atom. The van der Waals surface area contributed by atoms with Crippen molar-refractivity contribution in [1.82, 2.24) is 10.3 Å². The minimum Gasteiger partial charge on any atom is -0.439 e. The van der Waals surface area contributed by atoms with E-state index in [9.17, 15) is 4.79 Å². The molecule has 138 valence electrons. The number of aromatic nitrogens is 1. The quantitative estimate of drug-likeness (QED) is 0.711. The summed E-state index contributed by atoms with van der Waals surface area (Å²) in [5.74, 6) is 0.741. The number of carbonyl (C=O) groups excluding carboxylic acids is 1. The van der Waals surface area contributed by atoms with Gasteiger partial charge in [0.1, 0.15) is 5.75 Å². The predicted molar refractivity (Wildman–Crippen MR) is 103 cm³/mol. The third kappa shape index (κ3) is 4.82. The van der Waals surface area contributed by atoms with Crippen LogP contribution in [0.15, 0.2) is 36.5 Å². The van der Waals surface area contributed by atoms with E-state index >= 15 is 0 Å². The summed E-state index contributed by atoms with van der Waals surface area (Å²) in [6.07, 6.45) is 8.55. The van der Waals surface area contributed by atoms with E-state index in [4.69, 9.17) is 10.5 Å². The molecule has 5 nitrogen and oxygen atoms in total. The molecule has 0 fully saturated rings. The van der Waals surface area contributed by atoms with Crippen LogP contribution >= 0.6 is 0 Å². The SMILES string of the molecule is CCCCCNC1CCc2ccc(Oc3ccc(C(N)=O)cn3)cc2C1. The van der Waals surface area contributed by atoms with Crippen molar-refractivity contribution in [1.29, 1.82) is 0 Å². The van der Waals surface area contributed by atoms with E-state index in [0.29, 0.717) is 17.5 Å². The Bertz CT molecular complexity index is 743. The van der Waals surface area contributed by atoms with Gasteiger partial charge in [-0.3, -0.25) is 4.79 Å². The zero-order valence-electron chi connectivity index (χ0n) is 15.3. The molecule has 1 heterocycles. The summed E-state index contributed by atoms with van der Waals surface area (Å²) < 4.78 is 5.84. The molecule has 1 unspecified atom stereocenters. The van der Waals surface area contributed by atoms with Crippen LogP contribution in [0.2, 0.25) is 0 Å². The number of benzene rings is 1. The fraction of sp³-hybridized carbons (Fsp3) is 0.429. The summed E-state index contributed by atoms with van der Waals surface area (Å²) >= 11 is 0. The molecule has 0 radical (unpaired) electrons. The zero-order chi connectivity index (χ0) is 18.4. The van der Waals surface area contributed by atoms with Gasteiger partial charge in [0.05, 0.1) is 5.56 Å². The van der Waals surface area contributed by atoms with Crippen LogP contribution in [0.3, 0.4) is 0 Å². The van der Waals surface area contributed by atoms with Crippen molar-refractivity contribution in [3.8, 4) is 11.6 Å². The maximum atomic E-state index is 11.1. The molecule has 3 rings (SSSR count). The van der Waals surface area contributed by atoms with Crippen LogP contribution in [0.25, 0.3) is 0 Å². The van der Waals surface area contributed by atoms with Gasteiger partial charge in [0.25, 0.3) is 0 Å². The molecule has 0 saturated carbocycles. The summed E-state index contributed by atoms with van der Waals surface area (Å²) in [5.41, 5.74) is 8.35. The molecule has 1 atom stereocenters. The third-order valence-corrected chi connectivity index (χ3v) is 4.86. The molecule has 0 bridgehead atoms. The van der Waals surface area contributed by atoms with Gasteiger partial charge in [-0.1, -0.05) is 25.8 Å². The van der Waals surface area contributed by atoms with Gasteiger partial charge in [-0.05, 0) is 61.6 Å². The maximum absolute atomic E-state index is 11.1. The highest BCUT2D eigenvalue weighted by Crippen LogP contribution is 2.28. The summed E-state index contributed by atoms with van der Waals surface area (Å²) in [5, 5.41) is 3.69. The number of hydrogen-bond donors (Lipinski definition) is 2. The Balaban J connectivity index is 1.62. The minimum absolute atomic E-state index is 0.375. The third-order valence-electron chi connectivity index (χ3n) is 4.86. The molecule has 5 heteroatoms.